The Morgan fingerprint density at radius 3 is 2.47 bits per heavy atom. The van der Waals surface area contributed by atoms with Crippen LogP contribution in [0.5, 0.6) is 0 Å². The number of alkyl halides is 3. The predicted octanol–water partition coefficient (Wildman–Crippen LogP) is 6.28. The van der Waals surface area contributed by atoms with Crippen LogP contribution in [-0.4, -0.2) is 48.1 Å². The van der Waals surface area contributed by atoms with E-state index in [1.165, 1.54) is 0 Å². The fraction of sp³-hybridized carbons (Fsp3) is 0.407. The fourth-order valence-electron chi connectivity index (χ4n) is 4.85. The largest absolute Gasteiger partial charge is 0.416 e. The standard InChI is InChI=1S/C27H28F4N4O/c28-23-15-22(27(29,30)31)16-24(17-23)33-26(36)35(14-13-34-11-1-2-12-34)25-9-7-21(8-10-25)20-5-3-19(18-32)4-6-20/h3-7,15-17,25H,1-2,8-14H2,(H,33,36). The summed E-state index contributed by atoms with van der Waals surface area (Å²) in [6.45, 7) is 3.02. The molecule has 36 heavy (non-hydrogen) atoms. The van der Waals surface area contributed by atoms with Crippen molar-refractivity contribution in [3.05, 3.63) is 71.0 Å². The molecule has 0 aromatic heterocycles. The molecule has 0 saturated carbocycles. The maximum Gasteiger partial charge on any atom is 0.416 e. The predicted molar refractivity (Wildman–Crippen MR) is 130 cm³/mol. The molecule has 2 aromatic carbocycles. The molecule has 0 bridgehead atoms. The molecular weight excluding hydrogens is 472 g/mol. The van der Waals surface area contributed by atoms with Crippen molar-refractivity contribution >= 4 is 17.3 Å². The third-order valence-electron chi connectivity index (χ3n) is 6.80. The van der Waals surface area contributed by atoms with Crippen molar-refractivity contribution in [1.82, 2.24) is 9.80 Å². The van der Waals surface area contributed by atoms with Crippen molar-refractivity contribution < 1.29 is 22.4 Å². The van der Waals surface area contributed by atoms with Gasteiger partial charge in [0.25, 0.3) is 0 Å². The molecule has 190 valence electrons. The van der Waals surface area contributed by atoms with Crippen molar-refractivity contribution in [2.45, 2.75) is 44.3 Å². The monoisotopic (exact) mass is 500 g/mol. The number of allylic oxidation sites excluding steroid dienone is 1. The summed E-state index contributed by atoms with van der Waals surface area (Å²) in [6, 6.07) is 10.9. The summed E-state index contributed by atoms with van der Waals surface area (Å²) < 4.78 is 53.3. The smallest absolute Gasteiger partial charge is 0.320 e. The van der Waals surface area contributed by atoms with Gasteiger partial charge in [-0.05, 0) is 86.7 Å². The van der Waals surface area contributed by atoms with Crippen LogP contribution in [0.3, 0.4) is 0 Å². The molecule has 2 aliphatic rings. The Morgan fingerprint density at radius 1 is 1.14 bits per heavy atom. The lowest BCUT2D eigenvalue weighted by Crippen LogP contribution is -2.47. The molecule has 1 aliphatic carbocycles. The lowest BCUT2D eigenvalue weighted by atomic mass is 9.89. The summed E-state index contributed by atoms with van der Waals surface area (Å²) in [4.78, 5) is 17.2. The molecule has 0 spiro atoms. The summed E-state index contributed by atoms with van der Waals surface area (Å²) in [6.07, 6.45) is 1.59. The Bertz CT molecular complexity index is 1150. The Morgan fingerprint density at radius 2 is 1.86 bits per heavy atom. The highest BCUT2D eigenvalue weighted by Gasteiger charge is 2.32. The van der Waals surface area contributed by atoms with E-state index in [-0.39, 0.29) is 11.7 Å². The van der Waals surface area contributed by atoms with Gasteiger partial charge in [0.1, 0.15) is 5.82 Å². The molecule has 1 aliphatic heterocycles. The molecule has 1 saturated heterocycles. The van der Waals surface area contributed by atoms with Gasteiger partial charge < -0.3 is 15.1 Å². The Labute approximate surface area is 208 Å². The highest BCUT2D eigenvalue weighted by atomic mass is 19.4. The maximum absolute atomic E-state index is 13.9. The van der Waals surface area contributed by atoms with Crippen LogP contribution in [0, 0.1) is 17.1 Å². The first-order chi connectivity index (χ1) is 17.2. The second-order valence-corrected chi connectivity index (χ2v) is 9.25. The topological polar surface area (TPSA) is 59.4 Å². The van der Waals surface area contributed by atoms with E-state index in [1.54, 1.807) is 17.0 Å². The van der Waals surface area contributed by atoms with Gasteiger partial charge in [-0.2, -0.15) is 18.4 Å². The molecule has 5 nitrogen and oxygen atoms in total. The van der Waals surface area contributed by atoms with Gasteiger partial charge in [-0.25, -0.2) is 9.18 Å². The number of rotatable bonds is 6. The van der Waals surface area contributed by atoms with Crippen LogP contribution in [0.25, 0.3) is 5.57 Å². The number of urea groups is 1. The lowest BCUT2D eigenvalue weighted by Gasteiger charge is -2.35. The van der Waals surface area contributed by atoms with E-state index >= 15 is 0 Å². The van der Waals surface area contributed by atoms with E-state index in [4.69, 9.17) is 5.26 Å². The average Bonchev–Trinajstić information content (AvgIpc) is 3.37. The van der Waals surface area contributed by atoms with Gasteiger partial charge in [0.05, 0.1) is 17.2 Å². The first kappa shape index (κ1) is 25.7. The molecular formula is C27H28F4N4O. The minimum atomic E-state index is -4.72. The molecule has 1 fully saturated rings. The number of nitrogens with zero attached hydrogens (tertiary/aromatic N) is 3. The van der Waals surface area contributed by atoms with Crippen LogP contribution in [0.2, 0.25) is 0 Å². The zero-order valence-corrected chi connectivity index (χ0v) is 19.8. The average molecular weight is 501 g/mol. The zero-order valence-electron chi connectivity index (χ0n) is 19.8. The van der Waals surface area contributed by atoms with Crippen molar-refractivity contribution in [3.8, 4) is 6.07 Å². The number of anilines is 1. The summed E-state index contributed by atoms with van der Waals surface area (Å²) in [5, 5.41) is 11.5. The zero-order chi connectivity index (χ0) is 25.7. The van der Waals surface area contributed by atoms with Crippen LogP contribution in [0.4, 0.5) is 28.0 Å². The summed E-state index contributed by atoms with van der Waals surface area (Å²) in [5.74, 6) is -1.06. The Kier molecular flexibility index (Phi) is 7.94. The molecule has 2 aromatic rings. The third-order valence-corrected chi connectivity index (χ3v) is 6.80. The number of carbonyl (C=O) groups excluding carboxylic acids is 1. The molecule has 9 heteroatoms. The van der Waals surface area contributed by atoms with Crippen LogP contribution in [0.15, 0.2) is 48.5 Å². The van der Waals surface area contributed by atoms with Gasteiger partial charge in [0.2, 0.25) is 0 Å². The molecule has 0 radical (unpaired) electrons. The number of likely N-dealkylation sites (tertiary alicyclic amines) is 1. The van der Waals surface area contributed by atoms with Crippen LogP contribution >= 0.6 is 0 Å². The van der Waals surface area contributed by atoms with Crippen molar-refractivity contribution in [3.63, 3.8) is 0 Å². The summed E-state index contributed by atoms with van der Waals surface area (Å²) >= 11 is 0. The maximum atomic E-state index is 13.9. The van der Waals surface area contributed by atoms with Gasteiger partial charge >= 0.3 is 12.2 Å². The second-order valence-electron chi connectivity index (χ2n) is 9.25. The third kappa shape index (κ3) is 6.43. The SMILES string of the molecule is N#Cc1ccc(C2=CCC(N(CCN3CCCC3)C(=O)Nc3cc(F)cc(C(F)(F)F)c3)CC2)cc1. The second kappa shape index (κ2) is 11.1. The van der Waals surface area contributed by atoms with Crippen molar-refractivity contribution in [2.75, 3.05) is 31.5 Å². The highest BCUT2D eigenvalue weighted by Crippen LogP contribution is 2.33. The minimum absolute atomic E-state index is 0.134. The van der Waals surface area contributed by atoms with Crippen molar-refractivity contribution in [1.29, 1.82) is 5.26 Å². The first-order valence-electron chi connectivity index (χ1n) is 12.1. The normalized spacial score (nSPS) is 18.4. The first-order valence-corrected chi connectivity index (χ1v) is 12.1. The molecule has 1 unspecified atom stereocenters. The minimum Gasteiger partial charge on any atom is -0.320 e. The fourth-order valence-corrected chi connectivity index (χ4v) is 4.85. The van der Waals surface area contributed by atoms with Gasteiger partial charge in [-0.15, -0.1) is 0 Å². The number of amides is 2. The summed E-state index contributed by atoms with van der Waals surface area (Å²) in [7, 11) is 0. The van der Waals surface area contributed by atoms with Crippen molar-refractivity contribution in [2.24, 2.45) is 0 Å². The number of nitriles is 1. The number of hydrogen-bond donors (Lipinski definition) is 1. The number of hydrogen-bond acceptors (Lipinski definition) is 3. The molecule has 4 rings (SSSR count). The van der Waals surface area contributed by atoms with E-state index in [2.05, 4.69) is 22.4 Å². The van der Waals surface area contributed by atoms with E-state index < -0.39 is 23.6 Å². The van der Waals surface area contributed by atoms with Crippen LogP contribution < -0.4 is 5.32 Å². The van der Waals surface area contributed by atoms with Gasteiger partial charge in [0.15, 0.2) is 0 Å². The van der Waals surface area contributed by atoms with Gasteiger partial charge in [0, 0.05) is 24.8 Å². The molecule has 1 heterocycles. The Balaban J connectivity index is 1.50. The number of benzene rings is 2. The van der Waals surface area contributed by atoms with E-state index in [1.807, 2.05) is 12.1 Å². The van der Waals surface area contributed by atoms with Gasteiger partial charge in [-0.3, -0.25) is 0 Å². The lowest BCUT2D eigenvalue weighted by molar-refractivity contribution is -0.137. The summed E-state index contributed by atoms with van der Waals surface area (Å²) in [5.41, 5.74) is 1.39. The van der Waals surface area contributed by atoms with E-state index in [9.17, 15) is 22.4 Å². The Hall–Kier alpha value is -3.38. The number of nitrogens with one attached hydrogen (secondary N) is 1. The van der Waals surface area contributed by atoms with E-state index in [0.717, 1.165) is 55.6 Å². The molecule has 1 N–H and O–H groups in total. The van der Waals surface area contributed by atoms with Crippen LogP contribution in [0.1, 0.15) is 48.8 Å². The number of carbonyl (C=O) groups is 1. The van der Waals surface area contributed by atoms with Gasteiger partial charge in [-0.1, -0.05) is 18.2 Å². The molecule has 2 amide bonds. The molecule has 1 atom stereocenters. The van der Waals surface area contributed by atoms with E-state index in [0.29, 0.717) is 37.6 Å². The quantitative estimate of drug-likeness (QED) is 0.475. The van der Waals surface area contributed by atoms with Crippen LogP contribution in [-0.2, 0) is 6.18 Å². The number of halogens is 4. The highest BCUT2D eigenvalue weighted by molar-refractivity contribution is 5.89.